The van der Waals surface area contributed by atoms with E-state index in [0.29, 0.717) is 21.9 Å². The number of aromatic nitrogens is 3. The molecule has 3 heterocycles. The predicted molar refractivity (Wildman–Crippen MR) is 123 cm³/mol. The lowest BCUT2D eigenvalue weighted by Gasteiger charge is -2.14. The van der Waals surface area contributed by atoms with Crippen LogP contribution in [0, 0.1) is 0 Å². The van der Waals surface area contributed by atoms with E-state index >= 15 is 0 Å². The molecule has 154 valence electrons. The molecule has 1 amide bonds. The number of pyridine rings is 1. The van der Waals surface area contributed by atoms with Gasteiger partial charge < -0.3 is 5.32 Å². The Kier molecular flexibility index (Phi) is 6.15. The standard InChI is InChI=1S/C22H22N4O2S2/c1-3-14(2)24-17(27)13-29-22-25-18-16-10-7-11-23-20(16)30-19(18)21(28)26(22)12-15-8-5-4-6-9-15/h4-11,14H,3,12-13H2,1-2H3,(H,24,27). The van der Waals surface area contributed by atoms with Crippen molar-refractivity contribution in [2.24, 2.45) is 0 Å². The number of rotatable bonds is 7. The van der Waals surface area contributed by atoms with Gasteiger partial charge in [-0.3, -0.25) is 14.2 Å². The molecule has 3 aromatic heterocycles. The molecule has 0 bridgehead atoms. The van der Waals surface area contributed by atoms with E-state index in [0.717, 1.165) is 22.2 Å². The summed E-state index contributed by atoms with van der Waals surface area (Å²) >= 11 is 2.65. The molecule has 0 spiro atoms. The van der Waals surface area contributed by atoms with Crippen molar-refractivity contribution in [2.45, 2.75) is 38.0 Å². The van der Waals surface area contributed by atoms with Gasteiger partial charge in [-0.15, -0.1) is 11.3 Å². The van der Waals surface area contributed by atoms with Crippen LogP contribution in [0.4, 0.5) is 0 Å². The van der Waals surface area contributed by atoms with Crippen molar-refractivity contribution < 1.29 is 4.79 Å². The monoisotopic (exact) mass is 438 g/mol. The number of hydrogen-bond acceptors (Lipinski definition) is 6. The van der Waals surface area contributed by atoms with Gasteiger partial charge in [0.1, 0.15) is 9.53 Å². The largest absolute Gasteiger partial charge is 0.353 e. The molecule has 1 unspecified atom stereocenters. The highest BCUT2D eigenvalue weighted by molar-refractivity contribution is 7.99. The molecule has 0 radical (unpaired) electrons. The van der Waals surface area contributed by atoms with E-state index in [9.17, 15) is 9.59 Å². The lowest BCUT2D eigenvalue weighted by molar-refractivity contribution is -0.119. The normalized spacial score (nSPS) is 12.3. The van der Waals surface area contributed by atoms with Crippen molar-refractivity contribution in [3.63, 3.8) is 0 Å². The van der Waals surface area contributed by atoms with E-state index < -0.39 is 0 Å². The Labute approximate surface area is 182 Å². The van der Waals surface area contributed by atoms with Crippen LogP contribution in [-0.4, -0.2) is 32.2 Å². The van der Waals surface area contributed by atoms with Crippen molar-refractivity contribution in [2.75, 3.05) is 5.75 Å². The number of hydrogen-bond donors (Lipinski definition) is 1. The predicted octanol–water partition coefficient (Wildman–Crippen LogP) is 4.06. The first-order chi connectivity index (χ1) is 14.6. The molecule has 0 fully saturated rings. The first-order valence-corrected chi connectivity index (χ1v) is 11.6. The highest BCUT2D eigenvalue weighted by Gasteiger charge is 2.18. The fraction of sp³-hybridized carbons (Fsp3) is 0.273. The van der Waals surface area contributed by atoms with Gasteiger partial charge in [0.15, 0.2) is 5.16 Å². The minimum absolute atomic E-state index is 0.0631. The Balaban J connectivity index is 1.76. The van der Waals surface area contributed by atoms with Crippen molar-refractivity contribution in [3.8, 4) is 0 Å². The van der Waals surface area contributed by atoms with Crippen LogP contribution in [0.1, 0.15) is 25.8 Å². The Hall–Kier alpha value is -2.71. The summed E-state index contributed by atoms with van der Waals surface area (Å²) in [6.45, 7) is 4.41. The number of amides is 1. The van der Waals surface area contributed by atoms with E-state index in [2.05, 4.69) is 10.3 Å². The van der Waals surface area contributed by atoms with Crippen LogP contribution in [0.5, 0.6) is 0 Å². The highest BCUT2D eigenvalue weighted by atomic mass is 32.2. The summed E-state index contributed by atoms with van der Waals surface area (Å²) in [7, 11) is 0. The van der Waals surface area contributed by atoms with Crippen LogP contribution in [-0.2, 0) is 11.3 Å². The Bertz CT molecular complexity index is 1250. The first kappa shape index (κ1) is 20.6. The Morgan fingerprint density at radius 1 is 1.23 bits per heavy atom. The maximum absolute atomic E-state index is 13.4. The molecule has 8 heteroatoms. The zero-order valence-corrected chi connectivity index (χ0v) is 18.4. The highest BCUT2D eigenvalue weighted by Crippen LogP contribution is 2.30. The zero-order chi connectivity index (χ0) is 21.1. The molecular formula is C22H22N4O2S2. The molecule has 1 N–H and O–H groups in total. The van der Waals surface area contributed by atoms with E-state index in [4.69, 9.17) is 4.98 Å². The van der Waals surface area contributed by atoms with Gasteiger partial charge in [0.2, 0.25) is 5.91 Å². The summed E-state index contributed by atoms with van der Waals surface area (Å²) < 4.78 is 2.25. The second-order valence-corrected chi connectivity index (χ2v) is 9.01. The van der Waals surface area contributed by atoms with Gasteiger partial charge in [-0.05, 0) is 31.0 Å². The summed E-state index contributed by atoms with van der Waals surface area (Å²) in [5.41, 5.74) is 1.56. The maximum atomic E-state index is 13.4. The minimum Gasteiger partial charge on any atom is -0.353 e. The molecule has 4 aromatic rings. The van der Waals surface area contributed by atoms with Crippen molar-refractivity contribution in [1.82, 2.24) is 19.9 Å². The first-order valence-electron chi connectivity index (χ1n) is 9.81. The summed E-state index contributed by atoms with van der Waals surface area (Å²) in [5, 5.41) is 4.37. The van der Waals surface area contributed by atoms with Gasteiger partial charge in [0.05, 0.1) is 17.8 Å². The van der Waals surface area contributed by atoms with Crippen LogP contribution < -0.4 is 10.9 Å². The lowest BCUT2D eigenvalue weighted by Crippen LogP contribution is -2.33. The molecule has 0 saturated heterocycles. The van der Waals surface area contributed by atoms with Crippen molar-refractivity contribution in [3.05, 3.63) is 64.6 Å². The quantitative estimate of drug-likeness (QED) is 0.348. The SMILES string of the molecule is CCC(C)NC(=O)CSc1nc2c(sc3ncccc32)c(=O)n1Cc1ccccc1. The third-order valence-electron chi connectivity index (χ3n) is 4.85. The topological polar surface area (TPSA) is 76.9 Å². The minimum atomic E-state index is -0.100. The number of carbonyl (C=O) groups excluding carboxylic acids is 1. The molecule has 0 aliphatic rings. The van der Waals surface area contributed by atoms with Crippen LogP contribution in [0.2, 0.25) is 0 Å². The number of thioether (sulfide) groups is 1. The van der Waals surface area contributed by atoms with Gasteiger partial charge in [0, 0.05) is 17.6 Å². The number of nitrogens with zero attached hydrogens (tertiary/aromatic N) is 3. The van der Waals surface area contributed by atoms with Gasteiger partial charge in [-0.25, -0.2) is 9.97 Å². The van der Waals surface area contributed by atoms with Crippen LogP contribution in [0.15, 0.2) is 58.6 Å². The molecular weight excluding hydrogens is 416 g/mol. The van der Waals surface area contributed by atoms with E-state index in [1.54, 1.807) is 10.8 Å². The van der Waals surface area contributed by atoms with Gasteiger partial charge in [0.25, 0.3) is 5.56 Å². The molecule has 0 saturated carbocycles. The summed E-state index contributed by atoms with van der Waals surface area (Å²) in [6, 6.07) is 13.7. The molecule has 6 nitrogen and oxygen atoms in total. The molecule has 30 heavy (non-hydrogen) atoms. The molecule has 1 atom stereocenters. The number of carbonyl (C=O) groups is 1. The van der Waals surface area contributed by atoms with E-state index in [-0.39, 0.29) is 23.3 Å². The summed E-state index contributed by atoms with van der Waals surface area (Å²) in [6.07, 6.45) is 2.59. The smallest absolute Gasteiger partial charge is 0.272 e. The average molecular weight is 439 g/mol. The lowest BCUT2D eigenvalue weighted by atomic mass is 10.2. The number of fused-ring (bicyclic) bond motifs is 3. The zero-order valence-electron chi connectivity index (χ0n) is 16.8. The third-order valence-corrected chi connectivity index (χ3v) is 6.92. The summed E-state index contributed by atoms with van der Waals surface area (Å²) in [4.78, 5) is 35.7. The maximum Gasteiger partial charge on any atom is 0.272 e. The van der Waals surface area contributed by atoms with E-state index in [1.165, 1.54) is 23.1 Å². The molecule has 0 aliphatic heterocycles. The van der Waals surface area contributed by atoms with Crippen LogP contribution in [0.3, 0.4) is 0 Å². The molecule has 4 rings (SSSR count). The van der Waals surface area contributed by atoms with Gasteiger partial charge in [-0.1, -0.05) is 49.0 Å². The fourth-order valence-electron chi connectivity index (χ4n) is 3.11. The van der Waals surface area contributed by atoms with Crippen molar-refractivity contribution in [1.29, 1.82) is 0 Å². The molecule has 0 aliphatic carbocycles. The van der Waals surface area contributed by atoms with Crippen LogP contribution >= 0.6 is 23.1 Å². The van der Waals surface area contributed by atoms with Crippen LogP contribution in [0.25, 0.3) is 20.4 Å². The van der Waals surface area contributed by atoms with Crippen molar-refractivity contribution >= 4 is 49.4 Å². The Morgan fingerprint density at radius 2 is 2.03 bits per heavy atom. The second-order valence-electron chi connectivity index (χ2n) is 7.07. The number of benzene rings is 1. The van der Waals surface area contributed by atoms with E-state index in [1.807, 2.05) is 56.3 Å². The number of nitrogens with one attached hydrogen (secondary N) is 1. The Morgan fingerprint density at radius 3 is 2.80 bits per heavy atom. The second kappa shape index (κ2) is 8.97. The number of thiophene rings is 1. The van der Waals surface area contributed by atoms with Gasteiger partial charge in [-0.2, -0.15) is 0 Å². The molecule has 1 aromatic carbocycles. The average Bonchev–Trinajstić information content (AvgIpc) is 3.14. The summed E-state index contributed by atoms with van der Waals surface area (Å²) in [5.74, 6) is 0.143. The third kappa shape index (κ3) is 4.24. The van der Waals surface area contributed by atoms with Gasteiger partial charge >= 0.3 is 0 Å². The fourth-order valence-corrected chi connectivity index (χ4v) is 4.94.